The molecule has 156 valence electrons. The van der Waals surface area contributed by atoms with Crippen LogP contribution in [0.2, 0.25) is 0 Å². The van der Waals surface area contributed by atoms with E-state index >= 15 is 0 Å². The van der Waals surface area contributed by atoms with Crippen LogP contribution in [0, 0.1) is 11.8 Å². The number of nitrogens with zero attached hydrogens (tertiary/aromatic N) is 1. The third-order valence-electron chi connectivity index (χ3n) is 6.12. The molecule has 0 bridgehead atoms. The molecule has 0 radical (unpaired) electrons. The monoisotopic (exact) mass is 422 g/mol. The van der Waals surface area contributed by atoms with Crippen molar-refractivity contribution in [3.63, 3.8) is 0 Å². The Kier molecular flexibility index (Phi) is 5.86. The van der Waals surface area contributed by atoms with Crippen molar-refractivity contribution in [1.29, 1.82) is 0 Å². The highest BCUT2D eigenvalue weighted by molar-refractivity contribution is 7.86. The first-order chi connectivity index (χ1) is 13.9. The topological polar surface area (TPSA) is 32.3 Å². The Hall–Kier alpha value is -2.02. The third kappa shape index (κ3) is 4.60. The van der Waals surface area contributed by atoms with Crippen molar-refractivity contribution in [2.24, 2.45) is 11.8 Å². The summed E-state index contributed by atoms with van der Waals surface area (Å²) in [5.41, 5.74) is 0.240. The van der Waals surface area contributed by atoms with E-state index in [0.717, 1.165) is 37.6 Å². The maximum absolute atomic E-state index is 13.3. The molecule has 1 aliphatic carbocycles. The maximum Gasteiger partial charge on any atom is 0.416 e. The second-order valence-electron chi connectivity index (χ2n) is 7.95. The first-order valence-electron chi connectivity index (χ1n) is 10.1. The number of hydrogen-bond acceptors (Lipinski definition) is 2. The van der Waals surface area contributed by atoms with Crippen LogP contribution in [0.5, 0.6) is 0 Å². The summed E-state index contributed by atoms with van der Waals surface area (Å²) in [4.78, 5) is 2.69. The summed E-state index contributed by atoms with van der Waals surface area (Å²) >= 11 is 0. The van der Waals surface area contributed by atoms with Gasteiger partial charge in [-0.3, -0.25) is 4.72 Å². The quantitative estimate of drug-likeness (QED) is 0.670. The van der Waals surface area contributed by atoms with Crippen molar-refractivity contribution in [3.05, 3.63) is 54.1 Å². The van der Waals surface area contributed by atoms with Crippen molar-refractivity contribution in [2.45, 2.75) is 43.2 Å². The Morgan fingerprint density at radius 1 is 0.966 bits per heavy atom. The van der Waals surface area contributed by atoms with Gasteiger partial charge >= 0.3 is 6.18 Å². The van der Waals surface area contributed by atoms with Crippen LogP contribution in [0.4, 0.5) is 24.5 Å². The molecule has 2 aliphatic rings. The molecule has 7 heteroatoms. The highest BCUT2D eigenvalue weighted by Crippen LogP contribution is 2.41. The van der Waals surface area contributed by atoms with E-state index in [2.05, 4.69) is 9.62 Å². The summed E-state index contributed by atoms with van der Waals surface area (Å²) in [7, 11) is -1.64. The molecule has 3 atom stereocenters. The molecular formula is C22H25F3N2OS. The smallest absolute Gasteiger partial charge is 0.370 e. The predicted octanol–water partition coefficient (Wildman–Crippen LogP) is 5.86. The van der Waals surface area contributed by atoms with Crippen LogP contribution in [0.3, 0.4) is 0 Å². The Balaban J connectivity index is 1.63. The SMILES string of the molecule is O=S(Nc1cc(C(F)(F)F)ccc1N1CCC2CCCCC2C1)c1ccccc1. The third-order valence-corrected chi connectivity index (χ3v) is 7.22. The number of rotatable bonds is 4. The van der Waals surface area contributed by atoms with Gasteiger partial charge in [0.15, 0.2) is 0 Å². The van der Waals surface area contributed by atoms with Gasteiger partial charge in [-0.1, -0.05) is 37.5 Å². The molecule has 29 heavy (non-hydrogen) atoms. The molecule has 0 amide bonds. The average Bonchev–Trinajstić information content (AvgIpc) is 2.73. The fraction of sp³-hybridized carbons (Fsp3) is 0.455. The van der Waals surface area contributed by atoms with Gasteiger partial charge in [-0.25, -0.2) is 4.21 Å². The largest absolute Gasteiger partial charge is 0.416 e. The minimum atomic E-state index is -4.44. The van der Waals surface area contributed by atoms with E-state index in [1.54, 1.807) is 24.3 Å². The lowest BCUT2D eigenvalue weighted by molar-refractivity contribution is -0.137. The summed E-state index contributed by atoms with van der Waals surface area (Å²) in [5, 5.41) is 0. The zero-order valence-electron chi connectivity index (χ0n) is 16.1. The molecule has 0 spiro atoms. The van der Waals surface area contributed by atoms with E-state index in [9.17, 15) is 17.4 Å². The average molecular weight is 423 g/mol. The zero-order valence-corrected chi connectivity index (χ0v) is 16.9. The minimum Gasteiger partial charge on any atom is -0.370 e. The van der Waals surface area contributed by atoms with Crippen molar-refractivity contribution in [1.82, 2.24) is 0 Å². The van der Waals surface area contributed by atoms with Gasteiger partial charge in [0.05, 0.1) is 21.8 Å². The second kappa shape index (κ2) is 8.38. The lowest BCUT2D eigenvalue weighted by atomic mass is 9.75. The minimum absolute atomic E-state index is 0.274. The fourth-order valence-electron chi connectivity index (χ4n) is 4.59. The van der Waals surface area contributed by atoms with E-state index in [1.165, 1.54) is 31.7 Å². The first-order valence-corrected chi connectivity index (χ1v) is 11.3. The van der Waals surface area contributed by atoms with E-state index in [0.29, 0.717) is 16.5 Å². The van der Waals surface area contributed by atoms with Crippen LogP contribution < -0.4 is 9.62 Å². The fourth-order valence-corrected chi connectivity index (χ4v) is 5.48. The van der Waals surface area contributed by atoms with Crippen LogP contribution in [0.15, 0.2) is 53.4 Å². The second-order valence-corrected chi connectivity index (χ2v) is 9.17. The normalized spacial score (nSPS) is 23.3. The van der Waals surface area contributed by atoms with E-state index in [4.69, 9.17) is 0 Å². The standard InChI is InChI=1S/C22H25F3N2OS/c23-22(24,25)18-10-11-21(27-13-12-16-6-4-5-7-17(16)15-27)20(14-18)26-29(28)19-8-2-1-3-9-19/h1-3,8-11,14,16-17,26H,4-7,12-13,15H2. The van der Waals surface area contributed by atoms with E-state index in [1.807, 2.05) is 6.07 Å². The van der Waals surface area contributed by atoms with Crippen LogP contribution in [0.25, 0.3) is 0 Å². The number of anilines is 2. The van der Waals surface area contributed by atoms with E-state index in [-0.39, 0.29) is 5.69 Å². The summed E-state index contributed by atoms with van der Waals surface area (Å²) in [5.74, 6) is 1.32. The number of piperidine rings is 1. The van der Waals surface area contributed by atoms with Gasteiger partial charge in [-0.15, -0.1) is 0 Å². The molecule has 4 rings (SSSR count). The lowest BCUT2D eigenvalue weighted by Gasteiger charge is -2.42. The van der Waals surface area contributed by atoms with Gasteiger partial charge in [-0.2, -0.15) is 13.2 Å². The van der Waals surface area contributed by atoms with Crippen molar-refractivity contribution >= 4 is 22.4 Å². The van der Waals surface area contributed by atoms with Gasteiger partial charge in [-0.05, 0) is 55.0 Å². The molecular weight excluding hydrogens is 397 g/mol. The molecule has 0 aromatic heterocycles. The molecule has 2 aromatic carbocycles. The van der Waals surface area contributed by atoms with Crippen molar-refractivity contribution in [3.8, 4) is 0 Å². The maximum atomic E-state index is 13.3. The van der Waals surface area contributed by atoms with E-state index < -0.39 is 22.7 Å². The zero-order chi connectivity index (χ0) is 20.4. The van der Waals surface area contributed by atoms with Crippen molar-refractivity contribution in [2.75, 3.05) is 22.7 Å². The number of hydrogen-bond donors (Lipinski definition) is 1. The summed E-state index contributed by atoms with van der Waals surface area (Å²) in [6.07, 6.45) is 1.57. The molecule has 1 N–H and O–H groups in total. The van der Waals surface area contributed by atoms with Crippen LogP contribution in [-0.4, -0.2) is 17.3 Å². The highest BCUT2D eigenvalue weighted by Gasteiger charge is 2.34. The van der Waals surface area contributed by atoms with Crippen molar-refractivity contribution < 1.29 is 17.4 Å². The summed E-state index contributed by atoms with van der Waals surface area (Å²) in [6, 6.07) is 12.5. The van der Waals surface area contributed by atoms with Gasteiger partial charge < -0.3 is 4.90 Å². The Bertz CT molecular complexity index is 872. The number of nitrogens with one attached hydrogen (secondary N) is 1. The molecule has 1 saturated carbocycles. The lowest BCUT2D eigenvalue weighted by Crippen LogP contribution is -2.42. The molecule has 2 aromatic rings. The van der Waals surface area contributed by atoms with Crippen LogP contribution in [0.1, 0.15) is 37.7 Å². The predicted molar refractivity (Wildman–Crippen MR) is 110 cm³/mol. The molecule has 3 nitrogen and oxygen atoms in total. The summed E-state index contributed by atoms with van der Waals surface area (Å²) in [6.45, 7) is 1.67. The number of fused-ring (bicyclic) bond motifs is 1. The van der Waals surface area contributed by atoms with Gasteiger partial charge in [0, 0.05) is 13.1 Å². The molecule has 2 fully saturated rings. The van der Waals surface area contributed by atoms with Gasteiger partial charge in [0.1, 0.15) is 11.0 Å². The Labute approximate surface area is 171 Å². The van der Waals surface area contributed by atoms with Crippen LogP contribution >= 0.6 is 0 Å². The molecule has 1 heterocycles. The number of alkyl halides is 3. The number of benzene rings is 2. The Morgan fingerprint density at radius 2 is 1.69 bits per heavy atom. The highest BCUT2D eigenvalue weighted by atomic mass is 32.2. The number of halogens is 3. The van der Waals surface area contributed by atoms with Gasteiger partial charge in [0.25, 0.3) is 0 Å². The van der Waals surface area contributed by atoms with Gasteiger partial charge in [0.2, 0.25) is 0 Å². The molecule has 3 unspecified atom stereocenters. The molecule has 1 saturated heterocycles. The Morgan fingerprint density at radius 3 is 2.41 bits per heavy atom. The molecule has 1 aliphatic heterocycles. The van der Waals surface area contributed by atoms with Crippen LogP contribution in [-0.2, 0) is 17.2 Å². The first kappa shape index (κ1) is 20.3. The summed E-state index contributed by atoms with van der Waals surface area (Å²) < 4.78 is 55.5.